The fourth-order valence-corrected chi connectivity index (χ4v) is 2.59. The van der Waals surface area contributed by atoms with Gasteiger partial charge in [-0.1, -0.05) is 51.0 Å². The van der Waals surface area contributed by atoms with E-state index in [-0.39, 0.29) is 0 Å². The molecule has 1 aromatic carbocycles. The van der Waals surface area contributed by atoms with Crippen molar-refractivity contribution in [3.05, 3.63) is 53.3 Å². The zero-order valence-electron chi connectivity index (χ0n) is 13.6. The first kappa shape index (κ1) is 16.2. The molecule has 22 heavy (non-hydrogen) atoms. The number of esters is 1. The van der Waals surface area contributed by atoms with Crippen molar-refractivity contribution in [2.45, 2.75) is 39.5 Å². The van der Waals surface area contributed by atoms with Crippen LogP contribution in [0.5, 0.6) is 0 Å². The normalized spacial score (nSPS) is 10.5. The van der Waals surface area contributed by atoms with E-state index in [1.54, 1.807) is 12.3 Å². The van der Waals surface area contributed by atoms with Crippen molar-refractivity contribution in [1.29, 1.82) is 0 Å². The minimum atomic E-state index is -0.405. The van der Waals surface area contributed by atoms with Crippen molar-refractivity contribution in [2.75, 3.05) is 7.11 Å². The number of aryl methyl sites for hydroxylation is 2. The number of carbonyl (C=O) groups is 1. The minimum Gasteiger partial charge on any atom is -0.464 e. The SMILES string of the molecule is CCCc1cc(CCC)cc(-c2ccc(C(=O)OC)nc2)c1. The summed E-state index contributed by atoms with van der Waals surface area (Å²) in [6.07, 6.45) is 6.17. The van der Waals surface area contributed by atoms with Gasteiger partial charge in [-0.25, -0.2) is 9.78 Å². The van der Waals surface area contributed by atoms with E-state index in [2.05, 4.69) is 41.8 Å². The van der Waals surface area contributed by atoms with Gasteiger partial charge >= 0.3 is 5.97 Å². The second-order valence-corrected chi connectivity index (χ2v) is 5.46. The fraction of sp³-hybridized carbons (Fsp3) is 0.368. The highest BCUT2D eigenvalue weighted by atomic mass is 16.5. The largest absolute Gasteiger partial charge is 0.464 e. The lowest BCUT2D eigenvalue weighted by Crippen LogP contribution is -2.03. The van der Waals surface area contributed by atoms with E-state index in [9.17, 15) is 4.79 Å². The summed E-state index contributed by atoms with van der Waals surface area (Å²) in [6, 6.07) is 10.4. The fourth-order valence-electron chi connectivity index (χ4n) is 2.59. The average molecular weight is 297 g/mol. The van der Waals surface area contributed by atoms with Crippen LogP contribution in [-0.2, 0) is 17.6 Å². The van der Waals surface area contributed by atoms with Crippen LogP contribution in [0.25, 0.3) is 11.1 Å². The molecule has 0 bridgehead atoms. The van der Waals surface area contributed by atoms with E-state index >= 15 is 0 Å². The average Bonchev–Trinajstić information content (AvgIpc) is 2.55. The Hall–Kier alpha value is -2.16. The summed E-state index contributed by atoms with van der Waals surface area (Å²) in [5.74, 6) is -0.405. The van der Waals surface area contributed by atoms with Crippen LogP contribution in [0.4, 0.5) is 0 Å². The molecule has 0 N–H and O–H groups in total. The van der Waals surface area contributed by atoms with Gasteiger partial charge in [0.15, 0.2) is 0 Å². The van der Waals surface area contributed by atoms with Gasteiger partial charge in [-0.05, 0) is 35.6 Å². The van der Waals surface area contributed by atoms with Crippen molar-refractivity contribution in [1.82, 2.24) is 4.98 Å². The number of methoxy groups -OCH3 is 1. The zero-order chi connectivity index (χ0) is 15.9. The third-order valence-corrected chi connectivity index (χ3v) is 3.62. The molecule has 0 saturated carbocycles. The molecule has 1 aromatic heterocycles. The Morgan fingerprint density at radius 2 is 1.64 bits per heavy atom. The van der Waals surface area contributed by atoms with Gasteiger partial charge in [0, 0.05) is 11.8 Å². The van der Waals surface area contributed by atoms with Crippen molar-refractivity contribution in [3.63, 3.8) is 0 Å². The number of ether oxygens (including phenoxy) is 1. The summed E-state index contributed by atoms with van der Waals surface area (Å²) < 4.78 is 4.68. The molecule has 0 aliphatic carbocycles. The zero-order valence-corrected chi connectivity index (χ0v) is 13.6. The summed E-state index contributed by atoms with van der Waals surface area (Å²) in [6.45, 7) is 4.39. The molecule has 2 aromatic rings. The van der Waals surface area contributed by atoms with Crippen molar-refractivity contribution in [2.24, 2.45) is 0 Å². The topological polar surface area (TPSA) is 39.2 Å². The van der Waals surface area contributed by atoms with E-state index < -0.39 is 5.97 Å². The number of aromatic nitrogens is 1. The van der Waals surface area contributed by atoms with E-state index in [0.29, 0.717) is 5.69 Å². The summed E-state index contributed by atoms with van der Waals surface area (Å²) in [5, 5.41) is 0. The molecule has 0 spiro atoms. The predicted octanol–water partition coefficient (Wildman–Crippen LogP) is 4.44. The third-order valence-electron chi connectivity index (χ3n) is 3.62. The molecule has 0 atom stereocenters. The molecular formula is C19H23NO2. The van der Waals surface area contributed by atoms with Crippen LogP contribution in [-0.4, -0.2) is 18.1 Å². The molecule has 0 amide bonds. The Kier molecular flexibility index (Phi) is 5.70. The molecule has 3 heteroatoms. The van der Waals surface area contributed by atoms with Crippen molar-refractivity contribution >= 4 is 5.97 Å². The summed E-state index contributed by atoms with van der Waals surface area (Å²) >= 11 is 0. The standard InChI is InChI=1S/C19H23NO2/c1-4-6-14-10-15(7-5-2)12-17(11-14)16-8-9-18(20-13-16)19(21)22-3/h8-13H,4-7H2,1-3H3. The Balaban J connectivity index is 2.35. The van der Waals surface area contributed by atoms with Crippen LogP contribution in [0.3, 0.4) is 0 Å². The molecule has 2 rings (SSSR count). The monoisotopic (exact) mass is 297 g/mol. The minimum absolute atomic E-state index is 0.338. The number of pyridine rings is 1. The quantitative estimate of drug-likeness (QED) is 0.740. The summed E-state index contributed by atoms with van der Waals surface area (Å²) in [5.41, 5.74) is 5.26. The Labute approximate surface area is 132 Å². The molecule has 0 aliphatic heterocycles. The van der Waals surface area contributed by atoms with E-state index in [4.69, 9.17) is 0 Å². The lowest BCUT2D eigenvalue weighted by molar-refractivity contribution is 0.0594. The molecule has 0 fully saturated rings. The lowest BCUT2D eigenvalue weighted by Gasteiger charge is -2.09. The number of hydrogen-bond acceptors (Lipinski definition) is 3. The third kappa shape index (κ3) is 3.94. The molecular weight excluding hydrogens is 274 g/mol. The van der Waals surface area contributed by atoms with E-state index in [0.717, 1.165) is 31.2 Å². The van der Waals surface area contributed by atoms with Crippen LogP contribution in [0.2, 0.25) is 0 Å². The van der Waals surface area contributed by atoms with Gasteiger partial charge in [0.05, 0.1) is 7.11 Å². The van der Waals surface area contributed by atoms with Crippen LogP contribution in [0, 0.1) is 0 Å². The second kappa shape index (κ2) is 7.74. The van der Waals surface area contributed by atoms with Crippen LogP contribution >= 0.6 is 0 Å². The highest BCUT2D eigenvalue weighted by molar-refractivity contribution is 5.87. The summed E-state index contributed by atoms with van der Waals surface area (Å²) in [4.78, 5) is 15.7. The van der Waals surface area contributed by atoms with Gasteiger partial charge in [-0.2, -0.15) is 0 Å². The first-order valence-electron chi connectivity index (χ1n) is 7.85. The molecule has 3 nitrogen and oxygen atoms in total. The first-order valence-corrected chi connectivity index (χ1v) is 7.85. The molecule has 1 heterocycles. The number of nitrogens with zero attached hydrogens (tertiary/aromatic N) is 1. The Morgan fingerprint density at radius 3 is 2.09 bits per heavy atom. The van der Waals surface area contributed by atoms with Crippen LogP contribution in [0.15, 0.2) is 36.5 Å². The predicted molar refractivity (Wildman–Crippen MR) is 89.0 cm³/mol. The molecule has 0 unspecified atom stereocenters. The van der Waals surface area contributed by atoms with Gasteiger partial charge < -0.3 is 4.74 Å². The maximum atomic E-state index is 11.5. The number of benzene rings is 1. The van der Waals surface area contributed by atoms with E-state index in [1.165, 1.54) is 23.8 Å². The van der Waals surface area contributed by atoms with Crippen LogP contribution in [0.1, 0.15) is 48.3 Å². The number of hydrogen-bond donors (Lipinski definition) is 0. The highest BCUT2D eigenvalue weighted by Crippen LogP contribution is 2.24. The molecule has 0 radical (unpaired) electrons. The van der Waals surface area contributed by atoms with Gasteiger partial charge in [0.2, 0.25) is 0 Å². The summed E-state index contributed by atoms with van der Waals surface area (Å²) in [7, 11) is 1.36. The Bertz CT molecular complexity index is 608. The first-order chi connectivity index (χ1) is 10.7. The molecule has 0 saturated heterocycles. The molecule has 0 aliphatic rings. The number of carbonyl (C=O) groups excluding carboxylic acids is 1. The smallest absolute Gasteiger partial charge is 0.356 e. The van der Waals surface area contributed by atoms with Crippen molar-refractivity contribution in [3.8, 4) is 11.1 Å². The van der Waals surface area contributed by atoms with Gasteiger partial charge in [-0.3, -0.25) is 0 Å². The van der Waals surface area contributed by atoms with E-state index in [1.807, 2.05) is 6.07 Å². The second-order valence-electron chi connectivity index (χ2n) is 5.46. The lowest BCUT2D eigenvalue weighted by atomic mass is 9.97. The van der Waals surface area contributed by atoms with Crippen LogP contribution < -0.4 is 0 Å². The highest BCUT2D eigenvalue weighted by Gasteiger charge is 2.08. The van der Waals surface area contributed by atoms with Gasteiger partial charge in [0.1, 0.15) is 5.69 Å². The maximum Gasteiger partial charge on any atom is 0.356 e. The maximum absolute atomic E-state index is 11.5. The van der Waals surface area contributed by atoms with Crippen molar-refractivity contribution < 1.29 is 9.53 Å². The van der Waals surface area contributed by atoms with Gasteiger partial charge in [0.25, 0.3) is 0 Å². The Morgan fingerprint density at radius 1 is 1.00 bits per heavy atom. The number of rotatable bonds is 6. The molecule has 116 valence electrons. The van der Waals surface area contributed by atoms with Gasteiger partial charge in [-0.15, -0.1) is 0 Å².